The van der Waals surface area contributed by atoms with E-state index in [2.05, 4.69) is 10.6 Å². The number of ether oxygens (including phenoxy) is 1. The standard InChI is InChI=1S/C12H20N2O4/c1-11(5-6-18-8-11)13-10(17)14-12(3-2-4-12)7-9(15)16/h2-8H2,1H3,(H,15,16)(H2,13,14,17). The van der Waals surface area contributed by atoms with Gasteiger partial charge in [0.1, 0.15) is 0 Å². The van der Waals surface area contributed by atoms with Gasteiger partial charge in [-0.15, -0.1) is 0 Å². The second-order valence-corrected chi connectivity index (χ2v) is 5.65. The van der Waals surface area contributed by atoms with Crippen molar-refractivity contribution in [3.8, 4) is 0 Å². The predicted octanol–water partition coefficient (Wildman–Crippen LogP) is 0.862. The molecule has 1 atom stereocenters. The number of carboxylic acid groups (broad SMARTS) is 1. The fourth-order valence-electron chi connectivity index (χ4n) is 2.55. The zero-order valence-corrected chi connectivity index (χ0v) is 10.6. The van der Waals surface area contributed by atoms with Crippen molar-refractivity contribution in [3.63, 3.8) is 0 Å². The molecule has 1 saturated carbocycles. The molecule has 1 aliphatic heterocycles. The molecule has 1 saturated heterocycles. The van der Waals surface area contributed by atoms with Crippen LogP contribution in [-0.4, -0.2) is 41.4 Å². The lowest BCUT2D eigenvalue weighted by atomic mass is 9.74. The van der Waals surface area contributed by atoms with Crippen molar-refractivity contribution in [1.82, 2.24) is 10.6 Å². The van der Waals surface area contributed by atoms with Crippen molar-refractivity contribution < 1.29 is 19.4 Å². The Labute approximate surface area is 106 Å². The zero-order chi connectivity index (χ0) is 13.2. The molecule has 0 aromatic carbocycles. The fraction of sp³-hybridized carbons (Fsp3) is 0.833. The van der Waals surface area contributed by atoms with Crippen molar-refractivity contribution in [1.29, 1.82) is 0 Å². The van der Waals surface area contributed by atoms with Gasteiger partial charge in [0.15, 0.2) is 0 Å². The molecule has 2 amide bonds. The van der Waals surface area contributed by atoms with E-state index in [0.717, 1.165) is 25.7 Å². The molecular weight excluding hydrogens is 236 g/mol. The molecule has 1 aliphatic carbocycles. The monoisotopic (exact) mass is 256 g/mol. The van der Waals surface area contributed by atoms with Crippen molar-refractivity contribution in [2.75, 3.05) is 13.2 Å². The third-order valence-corrected chi connectivity index (χ3v) is 3.81. The fourth-order valence-corrected chi connectivity index (χ4v) is 2.55. The molecule has 0 spiro atoms. The van der Waals surface area contributed by atoms with Gasteiger partial charge in [0, 0.05) is 6.61 Å². The Morgan fingerprint density at radius 1 is 1.28 bits per heavy atom. The molecule has 0 bridgehead atoms. The minimum atomic E-state index is -0.870. The van der Waals surface area contributed by atoms with Crippen LogP contribution in [-0.2, 0) is 9.53 Å². The molecule has 6 heteroatoms. The highest BCUT2D eigenvalue weighted by Crippen LogP contribution is 2.35. The van der Waals surface area contributed by atoms with E-state index in [4.69, 9.17) is 9.84 Å². The Balaban J connectivity index is 1.87. The van der Waals surface area contributed by atoms with Crippen molar-refractivity contribution in [3.05, 3.63) is 0 Å². The van der Waals surface area contributed by atoms with Gasteiger partial charge in [0.2, 0.25) is 0 Å². The third kappa shape index (κ3) is 2.93. The number of hydrogen-bond acceptors (Lipinski definition) is 3. The summed E-state index contributed by atoms with van der Waals surface area (Å²) in [5.74, 6) is -0.870. The summed E-state index contributed by atoms with van der Waals surface area (Å²) in [6.45, 7) is 3.09. The number of nitrogens with one attached hydrogen (secondary N) is 2. The van der Waals surface area contributed by atoms with Crippen LogP contribution in [0.3, 0.4) is 0 Å². The van der Waals surface area contributed by atoms with Gasteiger partial charge in [-0.2, -0.15) is 0 Å². The molecule has 18 heavy (non-hydrogen) atoms. The van der Waals surface area contributed by atoms with Crippen LogP contribution in [0.5, 0.6) is 0 Å². The summed E-state index contributed by atoms with van der Waals surface area (Å²) in [5.41, 5.74) is -0.885. The first-order valence-corrected chi connectivity index (χ1v) is 6.33. The second kappa shape index (κ2) is 4.76. The largest absolute Gasteiger partial charge is 0.481 e. The molecule has 6 nitrogen and oxygen atoms in total. The smallest absolute Gasteiger partial charge is 0.315 e. The van der Waals surface area contributed by atoms with E-state index in [1.54, 1.807) is 0 Å². The Morgan fingerprint density at radius 2 is 2.00 bits per heavy atom. The number of carboxylic acids is 1. The number of rotatable bonds is 4. The molecule has 2 rings (SSSR count). The van der Waals surface area contributed by atoms with Crippen LogP contribution in [0.2, 0.25) is 0 Å². The average molecular weight is 256 g/mol. The van der Waals surface area contributed by atoms with Gasteiger partial charge in [-0.05, 0) is 32.6 Å². The zero-order valence-electron chi connectivity index (χ0n) is 10.6. The molecule has 1 heterocycles. The molecule has 2 aliphatic rings. The van der Waals surface area contributed by atoms with Gasteiger partial charge in [-0.1, -0.05) is 0 Å². The lowest BCUT2D eigenvalue weighted by Gasteiger charge is -2.42. The number of carbonyl (C=O) groups excluding carboxylic acids is 1. The minimum absolute atomic E-state index is 0.00632. The Bertz CT molecular complexity index is 346. The molecule has 0 radical (unpaired) electrons. The van der Waals surface area contributed by atoms with Crippen LogP contribution >= 0.6 is 0 Å². The van der Waals surface area contributed by atoms with Crippen LogP contribution in [0.25, 0.3) is 0 Å². The quantitative estimate of drug-likeness (QED) is 0.696. The Morgan fingerprint density at radius 3 is 2.44 bits per heavy atom. The maximum atomic E-state index is 11.9. The van der Waals surface area contributed by atoms with Gasteiger partial charge >= 0.3 is 12.0 Å². The maximum Gasteiger partial charge on any atom is 0.315 e. The molecule has 102 valence electrons. The SMILES string of the molecule is CC1(NC(=O)NC2(CC(=O)O)CCC2)CCOC1. The van der Waals surface area contributed by atoms with Gasteiger partial charge in [0.25, 0.3) is 0 Å². The van der Waals surface area contributed by atoms with E-state index in [0.29, 0.717) is 13.2 Å². The third-order valence-electron chi connectivity index (χ3n) is 3.81. The van der Waals surface area contributed by atoms with Crippen LogP contribution in [0.1, 0.15) is 39.0 Å². The predicted molar refractivity (Wildman–Crippen MR) is 64.3 cm³/mol. The van der Waals surface area contributed by atoms with E-state index in [1.165, 1.54) is 0 Å². The summed E-state index contributed by atoms with van der Waals surface area (Å²) in [5, 5.41) is 14.6. The lowest BCUT2D eigenvalue weighted by molar-refractivity contribution is -0.139. The van der Waals surface area contributed by atoms with Crippen LogP contribution < -0.4 is 10.6 Å². The van der Waals surface area contributed by atoms with Crippen molar-refractivity contribution >= 4 is 12.0 Å². The number of aliphatic carboxylic acids is 1. The second-order valence-electron chi connectivity index (χ2n) is 5.65. The van der Waals surface area contributed by atoms with E-state index in [-0.39, 0.29) is 18.0 Å². The van der Waals surface area contributed by atoms with Crippen LogP contribution in [0.15, 0.2) is 0 Å². The summed E-state index contributed by atoms with van der Waals surface area (Å²) in [6.07, 6.45) is 3.22. The number of urea groups is 1. The molecular formula is C12H20N2O4. The molecule has 2 fully saturated rings. The Kier molecular flexibility index (Phi) is 3.47. The van der Waals surface area contributed by atoms with E-state index in [9.17, 15) is 9.59 Å². The highest BCUT2D eigenvalue weighted by atomic mass is 16.5. The van der Waals surface area contributed by atoms with E-state index in [1.807, 2.05) is 6.92 Å². The first-order valence-electron chi connectivity index (χ1n) is 6.33. The summed E-state index contributed by atoms with van der Waals surface area (Å²) in [6, 6.07) is -0.288. The molecule has 3 N–H and O–H groups in total. The number of amides is 2. The molecule has 0 aromatic heterocycles. The van der Waals surface area contributed by atoms with Crippen molar-refractivity contribution in [2.24, 2.45) is 0 Å². The van der Waals surface area contributed by atoms with Crippen LogP contribution in [0.4, 0.5) is 4.79 Å². The Hall–Kier alpha value is -1.30. The molecule has 0 aromatic rings. The first kappa shape index (κ1) is 13.1. The lowest BCUT2D eigenvalue weighted by Crippen LogP contribution is -2.60. The van der Waals surface area contributed by atoms with Gasteiger partial charge in [0.05, 0.1) is 24.1 Å². The first-order chi connectivity index (χ1) is 8.43. The number of carbonyl (C=O) groups is 2. The highest BCUT2D eigenvalue weighted by Gasteiger charge is 2.41. The average Bonchev–Trinajstić information content (AvgIpc) is 2.60. The summed E-state index contributed by atoms with van der Waals surface area (Å²) >= 11 is 0. The van der Waals surface area contributed by atoms with Crippen LogP contribution in [0, 0.1) is 0 Å². The minimum Gasteiger partial charge on any atom is -0.481 e. The summed E-state index contributed by atoms with van der Waals surface area (Å²) < 4.78 is 5.26. The summed E-state index contributed by atoms with van der Waals surface area (Å²) in [4.78, 5) is 22.7. The maximum absolute atomic E-state index is 11.9. The normalized spacial score (nSPS) is 29.4. The van der Waals surface area contributed by atoms with Crippen molar-refractivity contribution in [2.45, 2.75) is 50.1 Å². The van der Waals surface area contributed by atoms with Gasteiger partial charge in [-0.25, -0.2) is 4.79 Å². The van der Waals surface area contributed by atoms with E-state index < -0.39 is 11.5 Å². The number of hydrogen-bond donors (Lipinski definition) is 3. The summed E-state index contributed by atoms with van der Waals surface area (Å²) in [7, 11) is 0. The van der Waals surface area contributed by atoms with Gasteiger partial charge in [-0.3, -0.25) is 4.79 Å². The van der Waals surface area contributed by atoms with E-state index >= 15 is 0 Å². The molecule has 1 unspecified atom stereocenters. The highest BCUT2D eigenvalue weighted by molar-refractivity contribution is 5.77. The topological polar surface area (TPSA) is 87.7 Å². The van der Waals surface area contributed by atoms with Gasteiger partial charge < -0.3 is 20.5 Å².